The highest BCUT2D eigenvalue weighted by Gasteiger charge is 2.11. The molecule has 8 nitrogen and oxygen atoms in total. The van der Waals surface area contributed by atoms with E-state index in [9.17, 15) is 0 Å². The van der Waals surface area contributed by atoms with Gasteiger partial charge in [-0.25, -0.2) is 5.84 Å². The Balaban J connectivity index is 2.07. The maximum absolute atomic E-state index is 5.40. The van der Waals surface area contributed by atoms with E-state index in [-0.39, 0.29) is 0 Å². The van der Waals surface area contributed by atoms with Gasteiger partial charge in [0.25, 0.3) is 0 Å². The third-order valence-electron chi connectivity index (χ3n) is 3.08. The molecule has 8 heteroatoms. The van der Waals surface area contributed by atoms with E-state index in [0.717, 1.165) is 16.8 Å². The maximum Gasteiger partial charge on any atom is 0.241 e. The largest absolute Gasteiger partial charge is 0.376 e. The van der Waals surface area contributed by atoms with Crippen LogP contribution in [0.25, 0.3) is 11.0 Å². The van der Waals surface area contributed by atoms with Gasteiger partial charge in [0.1, 0.15) is 5.82 Å². The van der Waals surface area contributed by atoms with Crippen LogP contribution in [-0.4, -0.2) is 34.3 Å². The monoisotopic (exact) mass is 284 g/mol. The molecule has 0 radical (unpaired) electrons. The van der Waals surface area contributed by atoms with Gasteiger partial charge in [0.15, 0.2) is 5.65 Å². The molecular weight excluding hydrogens is 268 g/mol. The number of hydrogen-bond acceptors (Lipinski definition) is 7. The Morgan fingerprint density at radius 3 is 2.76 bits per heavy atom. The molecule has 3 aromatic rings. The van der Waals surface area contributed by atoms with Crippen molar-refractivity contribution in [3.8, 4) is 0 Å². The van der Waals surface area contributed by atoms with E-state index >= 15 is 0 Å². The molecule has 0 fully saturated rings. The zero-order valence-electron chi connectivity index (χ0n) is 11.8. The molecule has 0 unspecified atom stereocenters. The molecule has 0 aliphatic rings. The van der Waals surface area contributed by atoms with E-state index in [1.165, 1.54) is 0 Å². The van der Waals surface area contributed by atoms with Crippen molar-refractivity contribution >= 4 is 34.2 Å². The number of nitrogens with one attached hydrogen (secondary N) is 3. The molecule has 0 aliphatic carbocycles. The Hall–Kier alpha value is -2.87. The van der Waals surface area contributed by atoms with Gasteiger partial charge in [-0.1, -0.05) is 12.1 Å². The van der Waals surface area contributed by atoms with Crippen molar-refractivity contribution in [1.82, 2.24) is 20.2 Å². The van der Waals surface area contributed by atoms with Gasteiger partial charge in [0.2, 0.25) is 5.95 Å². The number of nitrogens with two attached hydrogens (primary N) is 1. The lowest BCUT2D eigenvalue weighted by Crippen LogP contribution is -2.13. The molecule has 2 heterocycles. The van der Waals surface area contributed by atoms with Crippen LogP contribution in [0.5, 0.6) is 0 Å². The van der Waals surface area contributed by atoms with E-state index < -0.39 is 0 Å². The molecule has 0 saturated carbocycles. The molecule has 3 rings (SSSR count). The van der Waals surface area contributed by atoms with Crippen LogP contribution >= 0.6 is 0 Å². The second kappa shape index (κ2) is 5.25. The molecule has 2 aromatic heterocycles. The highest BCUT2D eigenvalue weighted by molar-refractivity contribution is 5.90. The van der Waals surface area contributed by atoms with Crippen LogP contribution in [0.2, 0.25) is 0 Å². The summed E-state index contributed by atoms with van der Waals surface area (Å²) in [6, 6.07) is 7.96. The molecule has 21 heavy (non-hydrogen) atoms. The van der Waals surface area contributed by atoms with Gasteiger partial charge in [-0.15, -0.1) is 0 Å². The van der Waals surface area contributed by atoms with E-state index in [1.807, 2.05) is 43.3 Å². The number of nitrogens with zero attached hydrogens (tertiary/aromatic N) is 4. The lowest BCUT2D eigenvalue weighted by molar-refractivity contribution is 1.08. The number of anilines is 4. The number of nitrogen functional groups attached to an aromatic ring is 1. The van der Waals surface area contributed by atoms with Crippen molar-refractivity contribution < 1.29 is 0 Å². The molecule has 0 aliphatic heterocycles. The molecule has 0 amide bonds. The van der Waals surface area contributed by atoms with E-state index in [0.29, 0.717) is 17.4 Å². The summed E-state index contributed by atoms with van der Waals surface area (Å²) in [7, 11) is 3.97. The summed E-state index contributed by atoms with van der Waals surface area (Å²) in [5, 5.41) is 10.9. The Morgan fingerprint density at radius 2 is 2.00 bits per heavy atom. The first kappa shape index (κ1) is 13.1. The third-order valence-corrected chi connectivity index (χ3v) is 3.08. The molecule has 0 spiro atoms. The maximum atomic E-state index is 5.40. The number of hydrazine groups is 1. The number of hydrogen-bond donors (Lipinski definition) is 4. The lowest BCUT2D eigenvalue weighted by Gasteiger charge is -2.18. The smallest absolute Gasteiger partial charge is 0.241 e. The average Bonchev–Trinajstić information content (AvgIpc) is 2.96. The van der Waals surface area contributed by atoms with Gasteiger partial charge in [0, 0.05) is 14.1 Å². The average molecular weight is 284 g/mol. The molecule has 108 valence electrons. The zero-order chi connectivity index (χ0) is 14.8. The summed E-state index contributed by atoms with van der Waals surface area (Å²) in [5.74, 6) is 6.36. The summed E-state index contributed by atoms with van der Waals surface area (Å²) in [6.45, 7) is 0. The van der Waals surface area contributed by atoms with Crippen LogP contribution in [0.15, 0.2) is 30.5 Å². The Labute approximate surface area is 121 Å². The second-order valence-corrected chi connectivity index (χ2v) is 4.71. The lowest BCUT2D eigenvalue weighted by atomic mass is 10.2. The highest BCUT2D eigenvalue weighted by Crippen LogP contribution is 2.29. The van der Waals surface area contributed by atoms with Gasteiger partial charge in [-0.3, -0.25) is 10.5 Å². The minimum atomic E-state index is 0.316. The fourth-order valence-corrected chi connectivity index (χ4v) is 2.09. The van der Waals surface area contributed by atoms with Gasteiger partial charge in [-0.2, -0.15) is 15.1 Å². The number of aromatic amines is 1. The van der Waals surface area contributed by atoms with Crippen molar-refractivity contribution in [1.29, 1.82) is 0 Å². The predicted molar refractivity (Wildman–Crippen MR) is 83.5 cm³/mol. The summed E-state index contributed by atoms with van der Waals surface area (Å²) in [5.41, 5.74) is 5.05. The predicted octanol–water partition coefficient (Wildman–Crippen LogP) is 1.45. The third kappa shape index (κ3) is 2.43. The number of para-hydroxylation sites is 2. The molecule has 0 atom stereocenters. The van der Waals surface area contributed by atoms with E-state index in [1.54, 1.807) is 6.20 Å². The first-order valence-electron chi connectivity index (χ1n) is 6.40. The fraction of sp³-hybridized carbons (Fsp3) is 0.154. The van der Waals surface area contributed by atoms with E-state index in [4.69, 9.17) is 5.84 Å². The summed E-state index contributed by atoms with van der Waals surface area (Å²) in [4.78, 5) is 10.6. The number of aromatic nitrogens is 4. The Kier molecular flexibility index (Phi) is 3.28. The van der Waals surface area contributed by atoms with Crippen LogP contribution in [0.3, 0.4) is 0 Å². The second-order valence-electron chi connectivity index (χ2n) is 4.71. The van der Waals surface area contributed by atoms with Crippen LogP contribution in [-0.2, 0) is 0 Å². The van der Waals surface area contributed by atoms with Crippen molar-refractivity contribution in [2.24, 2.45) is 5.84 Å². The molecule has 5 N–H and O–H groups in total. The van der Waals surface area contributed by atoms with Crippen LogP contribution in [0.1, 0.15) is 0 Å². The number of rotatable bonds is 4. The number of fused-ring (bicyclic) bond motifs is 1. The van der Waals surface area contributed by atoms with E-state index in [2.05, 4.69) is 30.9 Å². The van der Waals surface area contributed by atoms with Gasteiger partial charge >= 0.3 is 0 Å². The Bertz CT molecular complexity index is 764. The number of benzene rings is 1. The van der Waals surface area contributed by atoms with Crippen LogP contribution in [0, 0.1) is 0 Å². The van der Waals surface area contributed by atoms with Crippen molar-refractivity contribution in [3.63, 3.8) is 0 Å². The van der Waals surface area contributed by atoms with Gasteiger partial charge in [-0.05, 0) is 12.1 Å². The zero-order valence-corrected chi connectivity index (χ0v) is 11.8. The number of H-pyrrole nitrogens is 1. The molecule has 0 bridgehead atoms. The highest BCUT2D eigenvalue weighted by atomic mass is 15.3. The first-order chi connectivity index (χ1) is 10.2. The quantitative estimate of drug-likeness (QED) is 0.424. The Morgan fingerprint density at radius 1 is 1.19 bits per heavy atom. The first-order valence-corrected chi connectivity index (χ1v) is 6.40. The topological polar surface area (TPSA) is 108 Å². The fourth-order valence-electron chi connectivity index (χ4n) is 2.09. The van der Waals surface area contributed by atoms with Crippen molar-refractivity contribution in [2.45, 2.75) is 0 Å². The molecule has 0 saturated heterocycles. The summed E-state index contributed by atoms with van der Waals surface area (Å²) >= 11 is 0. The minimum absolute atomic E-state index is 0.316. The standard InChI is InChI=1S/C13H16N8/c1-21(2)10-6-4-3-5-9(10)16-11-8-7-15-20-12(8)18-13(17-11)19-14/h3-7H,14H2,1-2H3,(H3,15,16,17,18,19,20). The van der Waals surface area contributed by atoms with Gasteiger partial charge < -0.3 is 10.2 Å². The normalized spacial score (nSPS) is 10.6. The van der Waals surface area contributed by atoms with Crippen LogP contribution in [0.4, 0.5) is 23.1 Å². The van der Waals surface area contributed by atoms with Gasteiger partial charge in [0.05, 0.1) is 23.0 Å². The SMILES string of the molecule is CN(C)c1ccccc1Nc1nc(NN)nc2[nH]ncc12. The minimum Gasteiger partial charge on any atom is -0.376 e. The summed E-state index contributed by atoms with van der Waals surface area (Å²) in [6.07, 6.45) is 1.68. The van der Waals surface area contributed by atoms with Crippen molar-refractivity contribution in [2.75, 3.05) is 29.7 Å². The molecule has 1 aromatic carbocycles. The summed E-state index contributed by atoms with van der Waals surface area (Å²) < 4.78 is 0. The molecular formula is C13H16N8. The van der Waals surface area contributed by atoms with Crippen molar-refractivity contribution in [3.05, 3.63) is 30.5 Å². The van der Waals surface area contributed by atoms with Crippen LogP contribution < -0.4 is 21.5 Å².